The van der Waals surface area contributed by atoms with E-state index in [4.69, 9.17) is 0 Å². The molecule has 0 amide bonds. The van der Waals surface area contributed by atoms with Crippen LogP contribution in [-0.2, 0) is 0 Å². The first-order valence-corrected chi connectivity index (χ1v) is 11.8. The summed E-state index contributed by atoms with van der Waals surface area (Å²) in [6.45, 7) is 2.29. The molecule has 0 atom stereocenters. The van der Waals surface area contributed by atoms with Crippen molar-refractivity contribution >= 4 is 11.8 Å². The molecule has 25 heavy (non-hydrogen) atoms. The lowest BCUT2D eigenvalue weighted by atomic mass is 10.0. The molecule has 1 rings (SSSR count). The zero-order chi connectivity index (χ0) is 17.8. The van der Waals surface area contributed by atoms with Crippen molar-refractivity contribution in [3.8, 4) is 0 Å². The molecule has 0 aliphatic rings. The molecule has 0 saturated heterocycles. The number of rotatable bonds is 18. The molecule has 0 aromatic carbocycles. The monoisotopic (exact) mass is 364 g/mol. The minimum absolute atomic E-state index is 0.920. The molecule has 0 spiro atoms. The largest absolute Gasteiger partial charge is 0.231 e. The van der Waals surface area contributed by atoms with Crippen molar-refractivity contribution in [2.45, 2.75) is 115 Å². The topological polar surface area (TPSA) is 25.8 Å². The highest BCUT2D eigenvalue weighted by atomic mass is 32.2. The van der Waals surface area contributed by atoms with Crippen molar-refractivity contribution in [3.63, 3.8) is 0 Å². The molecule has 0 radical (unpaired) electrons. The van der Waals surface area contributed by atoms with Crippen molar-refractivity contribution < 1.29 is 0 Å². The van der Waals surface area contributed by atoms with Gasteiger partial charge in [0.15, 0.2) is 5.16 Å². The van der Waals surface area contributed by atoms with Crippen LogP contribution in [0.15, 0.2) is 23.6 Å². The zero-order valence-corrected chi connectivity index (χ0v) is 17.4. The van der Waals surface area contributed by atoms with E-state index in [1.807, 2.05) is 18.5 Å². The van der Waals surface area contributed by atoms with E-state index in [2.05, 4.69) is 16.9 Å². The average Bonchev–Trinajstić information content (AvgIpc) is 2.65. The van der Waals surface area contributed by atoms with E-state index < -0.39 is 0 Å². The Morgan fingerprint density at radius 3 is 1.44 bits per heavy atom. The van der Waals surface area contributed by atoms with Gasteiger partial charge in [0.2, 0.25) is 0 Å². The summed E-state index contributed by atoms with van der Waals surface area (Å²) in [5, 5.41) is 0.920. The minimum Gasteiger partial charge on any atom is -0.231 e. The van der Waals surface area contributed by atoms with Gasteiger partial charge in [-0.25, -0.2) is 9.97 Å². The van der Waals surface area contributed by atoms with Crippen LogP contribution in [0.3, 0.4) is 0 Å². The fraction of sp³-hybridized carbons (Fsp3) is 0.818. The maximum absolute atomic E-state index is 4.24. The van der Waals surface area contributed by atoms with Gasteiger partial charge in [-0.1, -0.05) is 115 Å². The van der Waals surface area contributed by atoms with Crippen molar-refractivity contribution in [2.75, 3.05) is 5.75 Å². The molecule has 3 heteroatoms. The van der Waals surface area contributed by atoms with Crippen LogP contribution in [-0.4, -0.2) is 15.7 Å². The third kappa shape index (κ3) is 15.4. The third-order valence-corrected chi connectivity index (χ3v) is 5.73. The Kier molecular flexibility index (Phi) is 16.4. The molecule has 0 saturated carbocycles. The molecular formula is C22H40N2S. The van der Waals surface area contributed by atoms with Gasteiger partial charge in [-0.05, 0) is 12.5 Å². The highest BCUT2D eigenvalue weighted by Crippen LogP contribution is 2.16. The first-order valence-electron chi connectivity index (χ1n) is 10.8. The van der Waals surface area contributed by atoms with Crippen LogP contribution in [0.4, 0.5) is 0 Å². The van der Waals surface area contributed by atoms with E-state index in [-0.39, 0.29) is 0 Å². The van der Waals surface area contributed by atoms with Crippen LogP contribution >= 0.6 is 11.8 Å². The molecule has 0 aliphatic heterocycles. The SMILES string of the molecule is CCCCCCCCCCCCCCCCCCSc1ncccn1. The van der Waals surface area contributed by atoms with Gasteiger partial charge in [-0.2, -0.15) is 0 Å². The second kappa shape index (κ2) is 18.2. The number of hydrogen-bond donors (Lipinski definition) is 0. The summed E-state index contributed by atoms with van der Waals surface area (Å²) < 4.78 is 0. The zero-order valence-electron chi connectivity index (χ0n) is 16.6. The maximum atomic E-state index is 4.24. The average molecular weight is 365 g/mol. The van der Waals surface area contributed by atoms with Gasteiger partial charge >= 0.3 is 0 Å². The van der Waals surface area contributed by atoms with Crippen LogP contribution in [0.25, 0.3) is 0 Å². The number of nitrogens with zero attached hydrogens (tertiary/aromatic N) is 2. The van der Waals surface area contributed by atoms with E-state index in [9.17, 15) is 0 Å². The van der Waals surface area contributed by atoms with E-state index in [0.717, 1.165) is 10.9 Å². The van der Waals surface area contributed by atoms with E-state index in [1.54, 1.807) is 11.8 Å². The minimum atomic E-state index is 0.920. The molecule has 0 N–H and O–H groups in total. The Balaban J connectivity index is 1.69. The van der Waals surface area contributed by atoms with Crippen LogP contribution < -0.4 is 0 Å². The summed E-state index contributed by atoms with van der Waals surface area (Å²) in [5.74, 6) is 1.16. The summed E-state index contributed by atoms with van der Waals surface area (Å²) in [6, 6.07) is 1.87. The Hall–Kier alpha value is -0.570. The van der Waals surface area contributed by atoms with Gasteiger partial charge in [-0.15, -0.1) is 0 Å². The molecule has 0 fully saturated rings. The predicted octanol–water partition coefficient (Wildman–Crippen LogP) is 7.83. The van der Waals surface area contributed by atoms with Crippen LogP contribution in [0.1, 0.15) is 110 Å². The second-order valence-electron chi connectivity index (χ2n) is 7.18. The number of thioether (sulfide) groups is 1. The third-order valence-electron chi connectivity index (χ3n) is 4.77. The predicted molar refractivity (Wildman–Crippen MR) is 112 cm³/mol. The number of aromatic nitrogens is 2. The van der Waals surface area contributed by atoms with Gasteiger partial charge in [0, 0.05) is 18.1 Å². The fourth-order valence-corrected chi connectivity index (χ4v) is 3.98. The van der Waals surface area contributed by atoms with Gasteiger partial charge in [-0.3, -0.25) is 0 Å². The van der Waals surface area contributed by atoms with Gasteiger partial charge in [0.05, 0.1) is 0 Å². The molecule has 2 nitrogen and oxygen atoms in total. The molecule has 1 heterocycles. The lowest BCUT2D eigenvalue weighted by molar-refractivity contribution is 0.531. The summed E-state index contributed by atoms with van der Waals surface area (Å²) in [4.78, 5) is 8.48. The highest BCUT2D eigenvalue weighted by molar-refractivity contribution is 7.99. The Morgan fingerprint density at radius 1 is 0.600 bits per heavy atom. The molecular weight excluding hydrogens is 324 g/mol. The van der Waals surface area contributed by atoms with Crippen molar-refractivity contribution in [3.05, 3.63) is 18.5 Å². The molecule has 0 bridgehead atoms. The Bertz CT molecular complexity index is 370. The summed E-state index contributed by atoms with van der Waals surface area (Å²) in [5.41, 5.74) is 0. The van der Waals surface area contributed by atoms with Gasteiger partial charge in [0.25, 0.3) is 0 Å². The normalized spacial score (nSPS) is 11.1. The van der Waals surface area contributed by atoms with Crippen molar-refractivity contribution in [1.82, 2.24) is 9.97 Å². The lowest BCUT2D eigenvalue weighted by Gasteiger charge is -2.03. The Labute approximate surface area is 161 Å². The number of hydrogen-bond acceptors (Lipinski definition) is 3. The van der Waals surface area contributed by atoms with Crippen LogP contribution in [0.2, 0.25) is 0 Å². The van der Waals surface area contributed by atoms with E-state index in [0.29, 0.717) is 0 Å². The first kappa shape index (κ1) is 22.5. The smallest absolute Gasteiger partial charge is 0.187 e. The molecule has 1 aromatic rings. The lowest BCUT2D eigenvalue weighted by Crippen LogP contribution is -1.87. The molecule has 0 aliphatic carbocycles. The van der Waals surface area contributed by atoms with Gasteiger partial charge in [0.1, 0.15) is 0 Å². The molecule has 144 valence electrons. The van der Waals surface area contributed by atoms with Crippen LogP contribution in [0.5, 0.6) is 0 Å². The quantitative estimate of drug-likeness (QED) is 0.151. The summed E-state index contributed by atoms with van der Waals surface area (Å²) >= 11 is 1.78. The Morgan fingerprint density at radius 2 is 1.00 bits per heavy atom. The molecule has 0 unspecified atom stereocenters. The number of unbranched alkanes of at least 4 members (excludes halogenated alkanes) is 15. The van der Waals surface area contributed by atoms with Crippen molar-refractivity contribution in [2.24, 2.45) is 0 Å². The molecule has 1 aromatic heterocycles. The first-order chi connectivity index (χ1) is 12.4. The standard InChI is InChI=1S/C22H40N2S/c1-2-3-4-5-6-7-8-9-10-11-12-13-14-15-16-17-21-25-22-23-19-18-20-24-22/h18-20H,2-17,21H2,1H3. The fourth-order valence-electron chi connectivity index (χ4n) is 3.17. The van der Waals surface area contributed by atoms with Crippen molar-refractivity contribution in [1.29, 1.82) is 0 Å². The van der Waals surface area contributed by atoms with Crippen LogP contribution in [0, 0.1) is 0 Å². The summed E-state index contributed by atoms with van der Waals surface area (Å²) in [6.07, 6.45) is 26.5. The van der Waals surface area contributed by atoms with E-state index in [1.165, 1.54) is 103 Å². The maximum Gasteiger partial charge on any atom is 0.187 e. The van der Waals surface area contributed by atoms with Gasteiger partial charge < -0.3 is 0 Å². The highest BCUT2D eigenvalue weighted by Gasteiger charge is 1.97. The summed E-state index contributed by atoms with van der Waals surface area (Å²) in [7, 11) is 0. The van der Waals surface area contributed by atoms with E-state index >= 15 is 0 Å². The second-order valence-corrected chi connectivity index (χ2v) is 8.25.